The van der Waals surface area contributed by atoms with Crippen molar-refractivity contribution in [3.63, 3.8) is 0 Å². The zero-order chi connectivity index (χ0) is 17.6. The van der Waals surface area contributed by atoms with E-state index in [-0.39, 0.29) is 0 Å². The molecule has 0 atom stereocenters. The van der Waals surface area contributed by atoms with Crippen molar-refractivity contribution in [2.24, 2.45) is 11.8 Å². The van der Waals surface area contributed by atoms with Crippen LogP contribution in [0.1, 0.15) is 64.1 Å². The predicted octanol–water partition coefficient (Wildman–Crippen LogP) is 2.88. The van der Waals surface area contributed by atoms with E-state index in [0.717, 1.165) is 57.2 Å². The third-order valence-corrected chi connectivity index (χ3v) is 5.43. The lowest BCUT2D eigenvalue weighted by Crippen LogP contribution is -2.48. The molecule has 1 aliphatic heterocycles. The van der Waals surface area contributed by atoms with E-state index in [0.29, 0.717) is 24.3 Å². The Labute approximate surface area is 150 Å². The molecule has 2 heterocycles. The van der Waals surface area contributed by atoms with Crippen molar-refractivity contribution in [2.45, 2.75) is 65.3 Å². The summed E-state index contributed by atoms with van der Waals surface area (Å²) >= 11 is 0. The van der Waals surface area contributed by atoms with E-state index in [1.165, 1.54) is 25.7 Å². The van der Waals surface area contributed by atoms with Crippen LogP contribution in [0.5, 0.6) is 0 Å². The van der Waals surface area contributed by atoms with Crippen molar-refractivity contribution < 1.29 is 9.32 Å². The predicted molar refractivity (Wildman–Crippen MR) is 95.9 cm³/mol. The monoisotopic (exact) mass is 348 g/mol. The minimum Gasteiger partial charge on any atom is -0.340 e. The number of aromatic nitrogens is 2. The van der Waals surface area contributed by atoms with Gasteiger partial charge in [-0.15, -0.1) is 0 Å². The van der Waals surface area contributed by atoms with Crippen molar-refractivity contribution in [3.05, 3.63) is 11.7 Å². The fourth-order valence-electron chi connectivity index (χ4n) is 3.93. The minimum atomic E-state index is 0.337. The van der Waals surface area contributed by atoms with Gasteiger partial charge in [-0.3, -0.25) is 9.69 Å². The smallest absolute Gasteiger partial charge is 0.240 e. The second-order valence-corrected chi connectivity index (χ2v) is 8.05. The molecule has 2 aliphatic rings. The number of carbonyl (C=O) groups excluding carboxylic acids is 1. The molecule has 0 radical (unpaired) electrons. The number of nitrogens with zero attached hydrogens (tertiary/aromatic N) is 4. The average molecular weight is 348 g/mol. The Morgan fingerprint density at radius 3 is 2.60 bits per heavy atom. The first kappa shape index (κ1) is 18.4. The highest BCUT2D eigenvalue weighted by Crippen LogP contribution is 2.28. The molecule has 1 aliphatic carbocycles. The van der Waals surface area contributed by atoms with Gasteiger partial charge in [0.25, 0.3) is 0 Å². The first-order valence-electron chi connectivity index (χ1n) is 9.91. The van der Waals surface area contributed by atoms with Gasteiger partial charge in [0.15, 0.2) is 5.82 Å². The van der Waals surface area contributed by atoms with Crippen LogP contribution in [0.3, 0.4) is 0 Å². The highest BCUT2D eigenvalue weighted by molar-refractivity contribution is 5.76. The Morgan fingerprint density at radius 2 is 1.92 bits per heavy atom. The van der Waals surface area contributed by atoms with Crippen LogP contribution >= 0.6 is 0 Å². The van der Waals surface area contributed by atoms with Crippen molar-refractivity contribution in [3.8, 4) is 0 Å². The molecular weight excluding hydrogens is 316 g/mol. The maximum atomic E-state index is 12.4. The Kier molecular flexibility index (Phi) is 6.45. The third kappa shape index (κ3) is 5.53. The molecule has 1 saturated carbocycles. The highest BCUT2D eigenvalue weighted by atomic mass is 16.5. The number of rotatable bonds is 7. The number of hydrogen-bond donors (Lipinski definition) is 0. The van der Waals surface area contributed by atoms with Crippen molar-refractivity contribution in [1.82, 2.24) is 19.9 Å². The topological polar surface area (TPSA) is 62.5 Å². The van der Waals surface area contributed by atoms with Crippen molar-refractivity contribution in [1.29, 1.82) is 0 Å². The molecule has 0 bridgehead atoms. The molecule has 0 N–H and O–H groups in total. The van der Waals surface area contributed by atoms with Gasteiger partial charge in [-0.2, -0.15) is 4.98 Å². The molecule has 25 heavy (non-hydrogen) atoms. The van der Waals surface area contributed by atoms with E-state index in [1.807, 2.05) is 4.90 Å². The molecule has 0 unspecified atom stereocenters. The van der Waals surface area contributed by atoms with Crippen LogP contribution in [0.4, 0.5) is 0 Å². The van der Waals surface area contributed by atoms with E-state index in [2.05, 4.69) is 28.9 Å². The Bertz CT molecular complexity index is 543. The first-order chi connectivity index (χ1) is 12.1. The summed E-state index contributed by atoms with van der Waals surface area (Å²) in [6.07, 6.45) is 8.02. The van der Waals surface area contributed by atoms with Crippen LogP contribution in [0.15, 0.2) is 4.52 Å². The number of hydrogen-bond acceptors (Lipinski definition) is 5. The standard InChI is InChI=1S/C19H32N4O2/c1-15(2)13-17-20-18(25-21-17)14-22-9-11-23(12-10-22)19(24)8-7-16-5-3-4-6-16/h15-16H,3-14H2,1-2H3. The van der Waals surface area contributed by atoms with Gasteiger partial charge < -0.3 is 9.42 Å². The second kappa shape index (κ2) is 8.79. The van der Waals surface area contributed by atoms with Gasteiger partial charge in [0, 0.05) is 39.0 Å². The lowest BCUT2D eigenvalue weighted by Gasteiger charge is -2.34. The Balaban J connectivity index is 1.37. The van der Waals surface area contributed by atoms with Gasteiger partial charge in [-0.1, -0.05) is 44.7 Å². The largest absolute Gasteiger partial charge is 0.340 e. The zero-order valence-corrected chi connectivity index (χ0v) is 15.7. The summed E-state index contributed by atoms with van der Waals surface area (Å²) in [6, 6.07) is 0. The molecule has 1 saturated heterocycles. The zero-order valence-electron chi connectivity index (χ0n) is 15.7. The molecule has 6 heteroatoms. The Hall–Kier alpha value is -1.43. The highest BCUT2D eigenvalue weighted by Gasteiger charge is 2.24. The van der Waals surface area contributed by atoms with E-state index in [1.54, 1.807) is 0 Å². The second-order valence-electron chi connectivity index (χ2n) is 8.05. The third-order valence-electron chi connectivity index (χ3n) is 5.43. The summed E-state index contributed by atoms with van der Waals surface area (Å²) in [4.78, 5) is 21.2. The van der Waals surface area contributed by atoms with Crippen LogP contribution < -0.4 is 0 Å². The fourth-order valence-corrected chi connectivity index (χ4v) is 3.93. The first-order valence-corrected chi connectivity index (χ1v) is 9.91. The number of amides is 1. The van der Waals surface area contributed by atoms with Crippen molar-refractivity contribution in [2.75, 3.05) is 26.2 Å². The summed E-state index contributed by atoms with van der Waals surface area (Å²) in [7, 11) is 0. The summed E-state index contributed by atoms with van der Waals surface area (Å²) < 4.78 is 5.35. The molecule has 2 fully saturated rings. The lowest BCUT2D eigenvalue weighted by atomic mass is 10.0. The minimum absolute atomic E-state index is 0.337. The summed E-state index contributed by atoms with van der Waals surface area (Å²) in [6.45, 7) is 8.40. The van der Waals surface area contributed by atoms with Crippen LogP contribution in [-0.4, -0.2) is 52.0 Å². The van der Waals surface area contributed by atoms with Crippen LogP contribution in [0, 0.1) is 11.8 Å². The van der Waals surface area contributed by atoms with Crippen LogP contribution in [0.25, 0.3) is 0 Å². The van der Waals surface area contributed by atoms with E-state index < -0.39 is 0 Å². The average Bonchev–Trinajstić information content (AvgIpc) is 3.25. The molecule has 6 nitrogen and oxygen atoms in total. The molecule has 0 aromatic carbocycles. The van der Waals surface area contributed by atoms with Crippen LogP contribution in [0.2, 0.25) is 0 Å². The van der Waals surface area contributed by atoms with Gasteiger partial charge in [0.1, 0.15) is 0 Å². The van der Waals surface area contributed by atoms with Gasteiger partial charge in [0.05, 0.1) is 6.54 Å². The molecule has 1 amide bonds. The van der Waals surface area contributed by atoms with Gasteiger partial charge >= 0.3 is 0 Å². The SMILES string of the molecule is CC(C)Cc1noc(CN2CCN(C(=O)CCC3CCCC3)CC2)n1. The maximum Gasteiger partial charge on any atom is 0.240 e. The van der Waals surface area contributed by atoms with Gasteiger partial charge in [0.2, 0.25) is 11.8 Å². The molecular formula is C19H32N4O2. The van der Waals surface area contributed by atoms with Gasteiger partial charge in [-0.25, -0.2) is 0 Å². The quantitative estimate of drug-likeness (QED) is 0.758. The number of piperazine rings is 1. The normalized spacial score (nSPS) is 19.9. The fraction of sp³-hybridized carbons (Fsp3) is 0.842. The van der Waals surface area contributed by atoms with Crippen LogP contribution in [-0.2, 0) is 17.8 Å². The summed E-state index contributed by atoms with van der Waals surface area (Å²) in [5.74, 6) is 3.15. The van der Waals surface area contributed by atoms with E-state index in [9.17, 15) is 4.79 Å². The van der Waals surface area contributed by atoms with E-state index >= 15 is 0 Å². The summed E-state index contributed by atoms with van der Waals surface area (Å²) in [5.41, 5.74) is 0. The lowest BCUT2D eigenvalue weighted by molar-refractivity contribution is -0.133. The molecule has 1 aromatic heterocycles. The molecule has 1 aromatic rings. The number of carbonyl (C=O) groups is 1. The maximum absolute atomic E-state index is 12.4. The van der Waals surface area contributed by atoms with Crippen molar-refractivity contribution >= 4 is 5.91 Å². The van der Waals surface area contributed by atoms with Gasteiger partial charge in [-0.05, 0) is 18.3 Å². The summed E-state index contributed by atoms with van der Waals surface area (Å²) in [5, 5.41) is 4.05. The molecule has 3 rings (SSSR count). The molecule has 0 spiro atoms. The Morgan fingerprint density at radius 1 is 1.20 bits per heavy atom. The van der Waals surface area contributed by atoms with E-state index in [4.69, 9.17) is 4.52 Å². The molecule has 140 valence electrons.